The van der Waals surface area contributed by atoms with E-state index in [4.69, 9.17) is 11.6 Å². The van der Waals surface area contributed by atoms with Crippen LogP contribution in [0.4, 0.5) is 0 Å². The van der Waals surface area contributed by atoms with Crippen molar-refractivity contribution in [3.63, 3.8) is 0 Å². The summed E-state index contributed by atoms with van der Waals surface area (Å²) in [6.45, 7) is 7.65. The maximum absolute atomic E-state index is 12.7. The van der Waals surface area contributed by atoms with E-state index in [1.165, 1.54) is 0 Å². The molecular weight excluding hydrogens is 300 g/mol. The highest BCUT2D eigenvalue weighted by molar-refractivity contribution is 6.30. The van der Waals surface area contributed by atoms with Gasteiger partial charge < -0.3 is 10.6 Å². The van der Waals surface area contributed by atoms with Crippen LogP contribution in [-0.4, -0.2) is 23.4 Å². The van der Waals surface area contributed by atoms with Crippen molar-refractivity contribution in [1.29, 1.82) is 0 Å². The van der Waals surface area contributed by atoms with Gasteiger partial charge in [0, 0.05) is 11.4 Å². The highest BCUT2D eigenvalue weighted by atomic mass is 35.5. The molecule has 22 heavy (non-hydrogen) atoms. The lowest BCUT2D eigenvalue weighted by atomic mass is 9.81. The molecule has 2 N–H and O–H groups in total. The monoisotopic (exact) mass is 322 g/mol. The van der Waals surface area contributed by atoms with Gasteiger partial charge in [-0.25, -0.2) is 0 Å². The molecule has 120 valence electrons. The molecule has 0 bridgehead atoms. The molecule has 2 amide bonds. The van der Waals surface area contributed by atoms with Gasteiger partial charge in [0.25, 0.3) is 0 Å². The zero-order chi connectivity index (χ0) is 16.5. The Morgan fingerprint density at radius 1 is 1.32 bits per heavy atom. The van der Waals surface area contributed by atoms with Gasteiger partial charge in [0.15, 0.2) is 0 Å². The smallest absolute Gasteiger partial charge is 0.230 e. The molecule has 0 aromatic heterocycles. The molecule has 1 saturated heterocycles. The van der Waals surface area contributed by atoms with E-state index in [0.717, 1.165) is 5.56 Å². The Labute approximate surface area is 136 Å². The first-order chi connectivity index (χ1) is 10.1. The van der Waals surface area contributed by atoms with Crippen LogP contribution in [0.5, 0.6) is 0 Å². The van der Waals surface area contributed by atoms with Gasteiger partial charge in [0.05, 0.1) is 17.0 Å². The van der Waals surface area contributed by atoms with Gasteiger partial charge in [0.2, 0.25) is 11.8 Å². The van der Waals surface area contributed by atoms with Crippen molar-refractivity contribution >= 4 is 23.4 Å². The average molecular weight is 323 g/mol. The zero-order valence-electron chi connectivity index (χ0n) is 13.5. The van der Waals surface area contributed by atoms with Crippen LogP contribution < -0.4 is 10.6 Å². The maximum Gasteiger partial charge on any atom is 0.230 e. The van der Waals surface area contributed by atoms with Gasteiger partial charge in [-0.2, -0.15) is 0 Å². The maximum atomic E-state index is 12.7. The molecule has 1 unspecified atom stereocenters. The Hall–Kier alpha value is -1.55. The number of rotatable bonds is 3. The van der Waals surface area contributed by atoms with E-state index in [0.29, 0.717) is 17.9 Å². The predicted octanol–water partition coefficient (Wildman–Crippen LogP) is 2.79. The number of halogens is 1. The third-order valence-corrected chi connectivity index (χ3v) is 4.68. The van der Waals surface area contributed by atoms with Crippen molar-refractivity contribution in [3.8, 4) is 0 Å². The van der Waals surface area contributed by atoms with Crippen LogP contribution in [0.2, 0.25) is 5.02 Å². The summed E-state index contributed by atoms with van der Waals surface area (Å²) in [5.74, 6) is -0.0171. The minimum Gasteiger partial charge on any atom is -0.350 e. The largest absolute Gasteiger partial charge is 0.350 e. The number of benzene rings is 1. The third-order valence-electron chi connectivity index (χ3n) is 4.43. The van der Waals surface area contributed by atoms with Crippen molar-refractivity contribution in [2.45, 2.75) is 57.5 Å². The van der Waals surface area contributed by atoms with Crippen molar-refractivity contribution in [2.75, 3.05) is 0 Å². The Morgan fingerprint density at radius 2 is 1.91 bits per heavy atom. The molecule has 2 rings (SSSR count). The normalized spacial score (nSPS) is 21.1. The second kappa shape index (κ2) is 5.92. The van der Waals surface area contributed by atoms with Crippen molar-refractivity contribution < 1.29 is 9.59 Å². The number of nitrogens with one attached hydrogen (secondary N) is 2. The number of carbonyl (C=O) groups excluding carboxylic acids is 2. The van der Waals surface area contributed by atoms with Gasteiger partial charge in [0.1, 0.15) is 0 Å². The molecule has 0 aliphatic carbocycles. The standard InChI is InChI=1S/C17H23ClN2O2/c1-16(2,11-5-7-12(18)8-6-11)15(22)19-13-9-10-14(21)20-17(13,3)4/h5-8,13H,9-10H2,1-4H3,(H,19,22)(H,20,21). The second-order valence-corrected chi connectivity index (χ2v) is 7.40. The summed E-state index contributed by atoms with van der Waals surface area (Å²) in [7, 11) is 0. The van der Waals surface area contributed by atoms with Crippen LogP contribution in [0.15, 0.2) is 24.3 Å². The van der Waals surface area contributed by atoms with Crippen LogP contribution in [0.3, 0.4) is 0 Å². The zero-order valence-corrected chi connectivity index (χ0v) is 14.3. The lowest BCUT2D eigenvalue weighted by Gasteiger charge is -2.41. The first-order valence-electron chi connectivity index (χ1n) is 7.51. The molecular formula is C17H23ClN2O2. The molecule has 1 heterocycles. The molecule has 1 atom stereocenters. The van der Waals surface area contributed by atoms with Crippen LogP contribution in [0, 0.1) is 0 Å². The lowest BCUT2D eigenvalue weighted by Crippen LogP contribution is -2.63. The topological polar surface area (TPSA) is 58.2 Å². The van der Waals surface area contributed by atoms with Crippen LogP contribution in [0.1, 0.15) is 46.1 Å². The average Bonchev–Trinajstić information content (AvgIpc) is 2.41. The van der Waals surface area contributed by atoms with E-state index in [2.05, 4.69) is 10.6 Å². The summed E-state index contributed by atoms with van der Waals surface area (Å²) in [5.41, 5.74) is -0.199. The van der Waals surface area contributed by atoms with Gasteiger partial charge >= 0.3 is 0 Å². The SMILES string of the molecule is CC(C)(C(=O)NC1CCC(=O)NC1(C)C)c1ccc(Cl)cc1. The number of hydrogen-bond donors (Lipinski definition) is 2. The van der Waals surface area contributed by atoms with Gasteiger partial charge in [-0.1, -0.05) is 23.7 Å². The van der Waals surface area contributed by atoms with Crippen molar-refractivity contribution in [2.24, 2.45) is 0 Å². The highest BCUT2D eigenvalue weighted by Crippen LogP contribution is 2.27. The van der Waals surface area contributed by atoms with E-state index < -0.39 is 11.0 Å². The van der Waals surface area contributed by atoms with Gasteiger partial charge in [-0.05, 0) is 51.8 Å². The number of hydrogen-bond acceptors (Lipinski definition) is 2. The molecule has 1 aliphatic rings. The molecule has 0 saturated carbocycles. The molecule has 0 radical (unpaired) electrons. The molecule has 0 spiro atoms. The third kappa shape index (κ3) is 3.43. The van der Waals surface area contributed by atoms with E-state index in [1.54, 1.807) is 12.1 Å². The summed E-state index contributed by atoms with van der Waals surface area (Å²) in [6, 6.07) is 7.24. The molecule has 5 heteroatoms. The summed E-state index contributed by atoms with van der Waals surface area (Å²) in [6.07, 6.45) is 1.09. The fourth-order valence-corrected chi connectivity index (χ4v) is 2.86. The van der Waals surface area contributed by atoms with E-state index in [-0.39, 0.29) is 17.9 Å². The van der Waals surface area contributed by atoms with Crippen molar-refractivity contribution in [3.05, 3.63) is 34.9 Å². The summed E-state index contributed by atoms with van der Waals surface area (Å²) in [5, 5.41) is 6.68. The quantitative estimate of drug-likeness (QED) is 0.899. The van der Waals surface area contributed by atoms with Gasteiger partial charge in [-0.3, -0.25) is 9.59 Å². The Balaban J connectivity index is 2.13. The van der Waals surface area contributed by atoms with Crippen LogP contribution in [-0.2, 0) is 15.0 Å². The number of carbonyl (C=O) groups is 2. The van der Waals surface area contributed by atoms with Crippen molar-refractivity contribution in [1.82, 2.24) is 10.6 Å². The fraction of sp³-hybridized carbons (Fsp3) is 0.529. The minimum absolute atomic E-state index is 0.0347. The Kier molecular flexibility index (Phi) is 4.52. The highest BCUT2D eigenvalue weighted by Gasteiger charge is 2.39. The molecule has 1 aromatic rings. The minimum atomic E-state index is -0.665. The lowest BCUT2D eigenvalue weighted by molar-refractivity contribution is -0.130. The molecule has 1 aromatic carbocycles. The Morgan fingerprint density at radius 3 is 2.45 bits per heavy atom. The summed E-state index contributed by atoms with van der Waals surface area (Å²) >= 11 is 5.91. The van der Waals surface area contributed by atoms with E-state index in [1.807, 2.05) is 39.8 Å². The number of piperidine rings is 1. The van der Waals surface area contributed by atoms with Gasteiger partial charge in [-0.15, -0.1) is 0 Å². The summed E-state index contributed by atoms with van der Waals surface area (Å²) in [4.78, 5) is 24.3. The van der Waals surface area contributed by atoms with Crippen LogP contribution >= 0.6 is 11.6 Å². The number of amides is 2. The first-order valence-corrected chi connectivity index (χ1v) is 7.89. The van der Waals surface area contributed by atoms with Crippen LogP contribution in [0.25, 0.3) is 0 Å². The summed E-state index contributed by atoms with van der Waals surface area (Å²) < 4.78 is 0. The molecule has 4 nitrogen and oxygen atoms in total. The van der Waals surface area contributed by atoms with E-state index >= 15 is 0 Å². The Bertz CT molecular complexity index is 579. The van der Waals surface area contributed by atoms with E-state index in [9.17, 15) is 9.59 Å². The second-order valence-electron chi connectivity index (χ2n) is 6.97. The predicted molar refractivity (Wildman–Crippen MR) is 87.9 cm³/mol. The fourth-order valence-electron chi connectivity index (χ4n) is 2.73. The molecule has 1 aliphatic heterocycles. The first kappa shape index (κ1) is 16.8. The molecule has 1 fully saturated rings.